The van der Waals surface area contributed by atoms with Gasteiger partial charge in [0.15, 0.2) is 4.80 Å². The monoisotopic (exact) mass is 513 g/mol. The number of ether oxygens (including phenoxy) is 1. The number of hydrogen-bond acceptors (Lipinski definition) is 7. The lowest BCUT2D eigenvalue weighted by Gasteiger charge is -2.25. The predicted molar refractivity (Wildman–Crippen MR) is 145 cm³/mol. The van der Waals surface area contributed by atoms with Crippen LogP contribution in [0.25, 0.3) is 17.3 Å². The standard InChI is InChI=1S/C28H27N5O3S/c1-5-36-27(35)23-17(2)30-28-33(25(23)19-11-13-21(14-12-19)32(3)4)26(34)22(37-28)15-20-16-29-31-24(20)18-9-7-6-8-10-18/h6-16,25H,5H2,1-4H3,(H,29,31)/b22-15+/t25-/m0/s1. The Labute approximate surface area is 217 Å². The van der Waals surface area contributed by atoms with E-state index in [2.05, 4.69) is 15.2 Å². The van der Waals surface area contributed by atoms with Crippen molar-refractivity contribution in [2.45, 2.75) is 19.9 Å². The molecule has 0 spiro atoms. The van der Waals surface area contributed by atoms with Gasteiger partial charge in [0.1, 0.15) is 0 Å². The topological polar surface area (TPSA) is 92.6 Å². The molecule has 2 aromatic carbocycles. The first-order chi connectivity index (χ1) is 17.9. The Balaban J connectivity index is 1.69. The number of rotatable bonds is 6. The van der Waals surface area contributed by atoms with Crippen LogP contribution in [0.2, 0.25) is 0 Å². The fraction of sp³-hybridized carbons (Fsp3) is 0.214. The minimum Gasteiger partial charge on any atom is -0.463 e. The van der Waals surface area contributed by atoms with Gasteiger partial charge in [0.25, 0.3) is 5.56 Å². The van der Waals surface area contributed by atoms with Crippen molar-refractivity contribution < 1.29 is 9.53 Å². The van der Waals surface area contributed by atoms with E-state index in [0.717, 1.165) is 28.1 Å². The van der Waals surface area contributed by atoms with Gasteiger partial charge in [-0.3, -0.25) is 14.5 Å². The van der Waals surface area contributed by atoms with Crippen molar-refractivity contribution in [1.29, 1.82) is 0 Å². The Hall–Kier alpha value is -4.24. The van der Waals surface area contributed by atoms with Gasteiger partial charge in [-0.15, -0.1) is 0 Å². The lowest BCUT2D eigenvalue weighted by molar-refractivity contribution is -0.139. The molecule has 1 N–H and O–H groups in total. The van der Waals surface area contributed by atoms with Gasteiger partial charge >= 0.3 is 5.97 Å². The number of anilines is 1. The number of carbonyl (C=O) groups is 1. The van der Waals surface area contributed by atoms with Crippen molar-refractivity contribution in [2.75, 3.05) is 25.6 Å². The van der Waals surface area contributed by atoms with Gasteiger partial charge in [0, 0.05) is 30.9 Å². The summed E-state index contributed by atoms with van der Waals surface area (Å²) in [5.74, 6) is -0.471. The molecular formula is C28H27N5O3S. The number of carbonyl (C=O) groups excluding carboxylic acids is 1. The Kier molecular flexibility index (Phi) is 6.62. The van der Waals surface area contributed by atoms with E-state index in [1.54, 1.807) is 24.6 Å². The van der Waals surface area contributed by atoms with E-state index >= 15 is 0 Å². The third-order valence-electron chi connectivity index (χ3n) is 6.26. The molecule has 1 atom stereocenters. The summed E-state index contributed by atoms with van der Waals surface area (Å²) in [5, 5.41) is 7.23. The van der Waals surface area contributed by atoms with Crippen molar-refractivity contribution in [3.63, 3.8) is 0 Å². The third-order valence-corrected chi connectivity index (χ3v) is 7.24. The molecule has 0 bridgehead atoms. The van der Waals surface area contributed by atoms with Crippen molar-refractivity contribution in [3.8, 4) is 11.3 Å². The largest absolute Gasteiger partial charge is 0.463 e. The number of fused-ring (bicyclic) bond motifs is 1. The highest BCUT2D eigenvalue weighted by Gasteiger charge is 2.33. The number of thiazole rings is 1. The second kappa shape index (κ2) is 10.0. The molecule has 0 amide bonds. The molecule has 0 aliphatic carbocycles. The summed E-state index contributed by atoms with van der Waals surface area (Å²) in [4.78, 5) is 34.1. The quantitative estimate of drug-likeness (QED) is 0.400. The average molecular weight is 514 g/mol. The number of aromatic nitrogens is 3. The van der Waals surface area contributed by atoms with Crippen molar-refractivity contribution in [2.24, 2.45) is 4.99 Å². The zero-order chi connectivity index (χ0) is 26.1. The molecule has 0 saturated heterocycles. The number of allylic oxidation sites excluding steroid dienone is 1. The van der Waals surface area contributed by atoms with Crippen molar-refractivity contribution >= 4 is 29.1 Å². The van der Waals surface area contributed by atoms with E-state index in [1.807, 2.05) is 79.7 Å². The van der Waals surface area contributed by atoms with Gasteiger partial charge < -0.3 is 9.64 Å². The van der Waals surface area contributed by atoms with Crippen LogP contribution in [-0.4, -0.2) is 41.4 Å². The van der Waals surface area contributed by atoms with Gasteiger partial charge in [0.2, 0.25) is 0 Å². The molecule has 5 rings (SSSR count). The summed E-state index contributed by atoms with van der Waals surface area (Å²) >= 11 is 1.29. The summed E-state index contributed by atoms with van der Waals surface area (Å²) in [6, 6.07) is 17.0. The van der Waals surface area contributed by atoms with Crippen LogP contribution in [0.15, 0.2) is 81.9 Å². The smallest absolute Gasteiger partial charge is 0.338 e. The number of aromatic amines is 1. The minimum atomic E-state index is -0.647. The fourth-order valence-corrected chi connectivity index (χ4v) is 5.48. The van der Waals surface area contributed by atoms with Gasteiger partial charge in [-0.25, -0.2) is 9.79 Å². The first-order valence-corrected chi connectivity index (χ1v) is 12.8. The minimum absolute atomic E-state index is 0.222. The second-order valence-corrected chi connectivity index (χ2v) is 9.86. The number of benzene rings is 2. The van der Waals surface area contributed by atoms with E-state index in [0.29, 0.717) is 20.6 Å². The Morgan fingerprint density at radius 3 is 2.57 bits per heavy atom. The highest BCUT2D eigenvalue weighted by Crippen LogP contribution is 2.31. The maximum absolute atomic E-state index is 13.8. The van der Waals surface area contributed by atoms with Crippen LogP contribution >= 0.6 is 11.3 Å². The van der Waals surface area contributed by atoms with E-state index in [9.17, 15) is 9.59 Å². The lowest BCUT2D eigenvalue weighted by Crippen LogP contribution is -2.39. The van der Waals surface area contributed by atoms with E-state index in [1.165, 1.54) is 11.3 Å². The van der Waals surface area contributed by atoms with Crippen LogP contribution in [-0.2, 0) is 9.53 Å². The highest BCUT2D eigenvalue weighted by molar-refractivity contribution is 7.07. The van der Waals surface area contributed by atoms with Crippen LogP contribution in [0.5, 0.6) is 0 Å². The first kappa shape index (κ1) is 24.5. The molecule has 0 saturated carbocycles. The normalized spacial score (nSPS) is 15.4. The maximum atomic E-state index is 13.8. The summed E-state index contributed by atoms with van der Waals surface area (Å²) in [6.07, 6.45) is 3.53. The SMILES string of the molecule is CCOC(=O)C1=C(C)N=c2s/c(=C/c3cn[nH]c3-c3ccccc3)c(=O)n2[C@H]1c1ccc(N(C)C)cc1. The highest BCUT2D eigenvalue weighted by atomic mass is 32.1. The zero-order valence-electron chi connectivity index (χ0n) is 21.1. The summed E-state index contributed by atoms with van der Waals surface area (Å²) in [7, 11) is 3.93. The van der Waals surface area contributed by atoms with Gasteiger partial charge in [-0.2, -0.15) is 5.10 Å². The predicted octanol–water partition coefficient (Wildman–Crippen LogP) is 3.25. The number of H-pyrrole nitrogens is 1. The van der Waals surface area contributed by atoms with E-state index in [4.69, 9.17) is 4.74 Å². The molecule has 9 heteroatoms. The van der Waals surface area contributed by atoms with Crippen molar-refractivity contribution in [3.05, 3.63) is 103 Å². The van der Waals surface area contributed by atoms with Gasteiger partial charge in [-0.1, -0.05) is 53.8 Å². The zero-order valence-corrected chi connectivity index (χ0v) is 21.9. The summed E-state index contributed by atoms with van der Waals surface area (Å²) in [5.41, 5.74) is 5.10. The molecule has 1 aliphatic rings. The van der Waals surface area contributed by atoms with Crippen LogP contribution in [0.4, 0.5) is 5.69 Å². The fourth-order valence-electron chi connectivity index (χ4n) is 4.44. The molecule has 0 unspecified atom stereocenters. The Bertz CT molecular complexity index is 1660. The number of nitrogens with one attached hydrogen (secondary N) is 1. The molecule has 3 heterocycles. The third kappa shape index (κ3) is 4.53. The maximum Gasteiger partial charge on any atom is 0.338 e. The molecule has 0 radical (unpaired) electrons. The van der Waals surface area contributed by atoms with Gasteiger partial charge in [0.05, 0.1) is 40.3 Å². The molecule has 4 aromatic rings. The summed E-state index contributed by atoms with van der Waals surface area (Å²) in [6.45, 7) is 3.78. The first-order valence-electron chi connectivity index (χ1n) is 11.9. The lowest BCUT2D eigenvalue weighted by atomic mass is 9.95. The molecular weight excluding hydrogens is 486 g/mol. The molecule has 188 valence electrons. The average Bonchev–Trinajstić information content (AvgIpc) is 3.48. The number of esters is 1. The van der Waals surface area contributed by atoms with Crippen LogP contribution < -0.4 is 19.8 Å². The van der Waals surface area contributed by atoms with Crippen molar-refractivity contribution in [1.82, 2.24) is 14.8 Å². The Morgan fingerprint density at radius 2 is 1.89 bits per heavy atom. The molecule has 2 aromatic heterocycles. The van der Waals surface area contributed by atoms with Crippen LogP contribution in [0.1, 0.15) is 31.0 Å². The van der Waals surface area contributed by atoms with Gasteiger partial charge in [-0.05, 0) is 37.6 Å². The van der Waals surface area contributed by atoms with E-state index in [-0.39, 0.29) is 12.2 Å². The number of nitrogens with zero attached hydrogens (tertiary/aromatic N) is 4. The second-order valence-electron chi connectivity index (χ2n) is 8.85. The van der Waals surface area contributed by atoms with Crippen LogP contribution in [0, 0.1) is 0 Å². The van der Waals surface area contributed by atoms with E-state index < -0.39 is 12.0 Å². The van der Waals surface area contributed by atoms with Crippen LogP contribution in [0.3, 0.4) is 0 Å². The molecule has 0 fully saturated rings. The number of hydrogen-bond donors (Lipinski definition) is 1. The molecule has 1 aliphatic heterocycles. The molecule has 8 nitrogen and oxygen atoms in total. The molecule has 37 heavy (non-hydrogen) atoms. The summed E-state index contributed by atoms with van der Waals surface area (Å²) < 4.78 is 7.48. The Morgan fingerprint density at radius 1 is 1.16 bits per heavy atom.